The second-order valence-corrected chi connectivity index (χ2v) is 5.48. The van der Waals surface area contributed by atoms with E-state index < -0.39 is 0 Å². The summed E-state index contributed by atoms with van der Waals surface area (Å²) in [5.74, 6) is 1.01. The molecule has 1 aliphatic heterocycles. The van der Waals surface area contributed by atoms with E-state index in [0.717, 1.165) is 24.6 Å². The third kappa shape index (κ3) is 2.73. The summed E-state index contributed by atoms with van der Waals surface area (Å²) in [5, 5.41) is 6.74. The highest BCUT2D eigenvalue weighted by Crippen LogP contribution is 2.24. The van der Waals surface area contributed by atoms with Crippen LogP contribution < -0.4 is 5.73 Å². The Labute approximate surface area is 120 Å². The molecule has 8 heteroatoms. The van der Waals surface area contributed by atoms with Crippen LogP contribution in [0.25, 0.3) is 11.6 Å². The third-order valence-electron chi connectivity index (χ3n) is 3.27. The van der Waals surface area contributed by atoms with Gasteiger partial charge in [0.15, 0.2) is 0 Å². The van der Waals surface area contributed by atoms with Gasteiger partial charge in [0.25, 0.3) is 5.89 Å². The molecule has 0 aliphatic carbocycles. The first-order chi connectivity index (χ1) is 9.80. The lowest BCUT2D eigenvalue weighted by molar-refractivity contribution is -0.0334. The molecule has 1 unspecified atom stereocenters. The van der Waals surface area contributed by atoms with Crippen molar-refractivity contribution in [3.05, 3.63) is 16.2 Å². The number of hydrogen-bond donors (Lipinski definition) is 1. The summed E-state index contributed by atoms with van der Waals surface area (Å²) in [6, 6.07) is 0. The van der Waals surface area contributed by atoms with Gasteiger partial charge in [0, 0.05) is 25.0 Å². The maximum atomic E-state index is 5.71. The Morgan fingerprint density at radius 1 is 1.50 bits per heavy atom. The summed E-state index contributed by atoms with van der Waals surface area (Å²) in [6.07, 6.45) is -0.131. The zero-order chi connectivity index (χ0) is 13.9. The second kappa shape index (κ2) is 5.96. The molecule has 0 radical (unpaired) electrons. The van der Waals surface area contributed by atoms with Crippen LogP contribution in [-0.4, -0.2) is 46.3 Å². The molecule has 2 aromatic heterocycles. The van der Waals surface area contributed by atoms with Gasteiger partial charge < -0.3 is 15.0 Å². The number of thiazole rings is 1. The van der Waals surface area contributed by atoms with E-state index >= 15 is 0 Å². The summed E-state index contributed by atoms with van der Waals surface area (Å²) in [6.45, 7) is 5.98. The van der Waals surface area contributed by atoms with Crippen LogP contribution in [0.4, 0.5) is 0 Å². The highest BCUT2D eigenvalue weighted by atomic mass is 32.1. The first-order valence-corrected chi connectivity index (χ1v) is 7.50. The molecular formula is C12H17N5O2S. The smallest absolute Gasteiger partial charge is 0.277 e. The van der Waals surface area contributed by atoms with Gasteiger partial charge >= 0.3 is 0 Å². The van der Waals surface area contributed by atoms with Gasteiger partial charge in [-0.05, 0) is 6.54 Å². The number of nitrogens with two attached hydrogens (primary N) is 1. The van der Waals surface area contributed by atoms with Gasteiger partial charge in [0.1, 0.15) is 16.8 Å². The van der Waals surface area contributed by atoms with E-state index in [2.05, 4.69) is 26.9 Å². The number of aromatic nitrogens is 3. The Morgan fingerprint density at radius 2 is 2.40 bits per heavy atom. The van der Waals surface area contributed by atoms with Gasteiger partial charge in [-0.25, -0.2) is 4.98 Å². The second-order valence-electron chi connectivity index (χ2n) is 4.54. The lowest BCUT2D eigenvalue weighted by Gasteiger charge is -2.30. The van der Waals surface area contributed by atoms with Crippen molar-refractivity contribution < 1.29 is 9.26 Å². The van der Waals surface area contributed by atoms with E-state index in [1.807, 2.05) is 5.38 Å². The van der Waals surface area contributed by atoms with E-state index in [1.165, 1.54) is 11.3 Å². The SMILES string of the molecule is CCN1CCOC(c2noc(-c3csc(CN)n3)n2)C1. The van der Waals surface area contributed by atoms with Crippen molar-refractivity contribution in [3.63, 3.8) is 0 Å². The lowest BCUT2D eigenvalue weighted by Crippen LogP contribution is -2.38. The first-order valence-electron chi connectivity index (χ1n) is 6.62. The van der Waals surface area contributed by atoms with Crippen molar-refractivity contribution in [2.24, 2.45) is 5.73 Å². The monoisotopic (exact) mass is 295 g/mol. The van der Waals surface area contributed by atoms with Crippen LogP contribution in [0.5, 0.6) is 0 Å². The molecule has 3 heterocycles. The number of ether oxygens (including phenoxy) is 1. The van der Waals surface area contributed by atoms with E-state index in [4.69, 9.17) is 15.0 Å². The average Bonchev–Trinajstić information content (AvgIpc) is 3.15. The summed E-state index contributed by atoms with van der Waals surface area (Å²) < 4.78 is 11.0. The van der Waals surface area contributed by atoms with Crippen LogP contribution in [0.2, 0.25) is 0 Å². The Hall–Kier alpha value is -1.35. The summed E-state index contributed by atoms with van der Waals surface area (Å²) in [5.41, 5.74) is 6.23. The fourth-order valence-corrected chi connectivity index (χ4v) is 2.77. The minimum Gasteiger partial charge on any atom is -0.367 e. The van der Waals surface area contributed by atoms with E-state index in [0.29, 0.717) is 30.6 Å². The van der Waals surface area contributed by atoms with Crippen molar-refractivity contribution in [2.75, 3.05) is 26.2 Å². The standard InChI is InChI=1S/C12H17N5O2S/c1-2-17-3-4-18-9(6-17)11-15-12(19-16-11)8-7-20-10(5-13)14-8/h7,9H,2-6,13H2,1H3. The normalized spacial score (nSPS) is 20.4. The quantitative estimate of drug-likeness (QED) is 0.901. The summed E-state index contributed by atoms with van der Waals surface area (Å²) >= 11 is 1.49. The van der Waals surface area contributed by atoms with Crippen LogP contribution in [-0.2, 0) is 11.3 Å². The van der Waals surface area contributed by atoms with Crippen molar-refractivity contribution >= 4 is 11.3 Å². The Balaban J connectivity index is 1.76. The molecule has 2 aromatic rings. The Kier molecular flexibility index (Phi) is 4.06. The van der Waals surface area contributed by atoms with Crippen LogP contribution in [0.15, 0.2) is 9.90 Å². The van der Waals surface area contributed by atoms with Crippen LogP contribution in [0, 0.1) is 0 Å². The Bertz CT molecular complexity index is 570. The fourth-order valence-electron chi connectivity index (χ4n) is 2.12. The average molecular weight is 295 g/mol. The number of nitrogens with zero attached hydrogens (tertiary/aromatic N) is 4. The molecule has 3 rings (SSSR count). The van der Waals surface area contributed by atoms with Gasteiger partial charge in [0.05, 0.1) is 6.61 Å². The first kappa shape index (κ1) is 13.6. The molecule has 1 atom stereocenters. The van der Waals surface area contributed by atoms with Gasteiger partial charge in [0.2, 0.25) is 5.82 Å². The highest BCUT2D eigenvalue weighted by Gasteiger charge is 2.26. The van der Waals surface area contributed by atoms with Gasteiger partial charge in [-0.1, -0.05) is 12.1 Å². The lowest BCUT2D eigenvalue weighted by atomic mass is 10.2. The molecule has 1 fully saturated rings. The minimum absolute atomic E-state index is 0.131. The Morgan fingerprint density at radius 3 is 3.15 bits per heavy atom. The maximum absolute atomic E-state index is 5.71. The highest BCUT2D eigenvalue weighted by molar-refractivity contribution is 7.09. The minimum atomic E-state index is -0.131. The molecule has 0 saturated carbocycles. The molecule has 20 heavy (non-hydrogen) atoms. The number of hydrogen-bond acceptors (Lipinski definition) is 8. The topological polar surface area (TPSA) is 90.3 Å². The summed E-state index contributed by atoms with van der Waals surface area (Å²) in [4.78, 5) is 11.0. The number of rotatable bonds is 4. The van der Waals surface area contributed by atoms with Crippen LogP contribution in [0.3, 0.4) is 0 Å². The maximum Gasteiger partial charge on any atom is 0.277 e. The molecule has 0 spiro atoms. The zero-order valence-corrected chi connectivity index (χ0v) is 12.1. The molecule has 7 nitrogen and oxygen atoms in total. The third-order valence-corrected chi connectivity index (χ3v) is 4.14. The molecule has 0 aromatic carbocycles. The fraction of sp³-hybridized carbons (Fsp3) is 0.583. The molecule has 1 saturated heterocycles. The molecule has 1 aliphatic rings. The van der Waals surface area contributed by atoms with E-state index in [1.54, 1.807) is 0 Å². The summed E-state index contributed by atoms with van der Waals surface area (Å²) in [7, 11) is 0. The van der Waals surface area contributed by atoms with Gasteiger partial charge in [-0.3, -0.25) is 4.90 Å². The van der Waals surface area contributed by atoms with Crippen molar-refractivity contribution in [2.45, 2.75) is 19.6 Å². The van der Waals surface area contributed by atoms with E-state index in [-0.39, 0.29) is 6.10 Å². The van der Waals surface area contributed by atoms with Crippen molar-refractivity contribution in [3.8, 4) is 11.6 Å². The zero-order valence-electron chi connectivity index (χ0n) is 11.3. The molecular weight excluding hydrogens is 278 g/mol. The molecule has 108 valence electrons. The molecule has 2 N–H and O–H groups in total. The predicted octanol–water partition coefficient (Wildman–Crippen LogP) is 1.04. The largest absolute Gasteiger partial charge is 0.367 e. The van der Waals surface area contributed by atoms with Crippen molar-refractivity contribution in [1.29, 1.82) is 0 Å². The van der Waals surface area contributed by atoms with Crippen molar-refractivity contribution in [1.82, 2.24) is 20.0 Å². The predicted molar refractivity (Wildman–Crippen MR) is 74.1 cm³/mol. The molecule has 0 amide bonds. The number of morpholine rings is 1. The molecule has 0 bridgehead atoms. The van der Waals surface area contributed by atoms with Crippen LogP contribution in [0.1, 0.15) is 23.9 Å². The van der Waals surface area contributed by atoms with Gasteiger partial charge in [-0.15, -0.1) is 11.3 Å². The number of likely N-dealkylation sites (N-methyl/N-ethyl adjacent to an activating group) is 1. The van der Waals surface area contributed by atoms with Gasteiger partial charge in [-0.2, -0.15) is 4.98 Å². The van der Waals surface area contributed by atoms with E-state index in [9.17, 15) is 0 Å². The van der Waals surface area contributed by atoms with Crippen LogP contribution >= 0.6 is 11.3 Å².